The molecule has 0 spiro atoms. The lowest BCUT2D eigenvalue weighted by Crippen LogP contribution is -2.37. The normalized spacial score (nSPS) is 18.1. The summed E-state index contributed by atoms with van der Waals surface area (Å²) in [4.78, 5) is 30.1. The zero-order chi connectivity index (χ0) is 23.1. The molecule has 10 heteroatoms. The zero-order valence-electron chi connectivity index (χ0n) is 18.1. The fourth-order valence-electron chi connectivity index (χ4n) is 4.89. The summed E-state index contributed by atoms with van der Waals surface area (Å²) in [6.45, 7) is 0. The molecule has 0 radical (unpaired) electrons. The Hall–Kier alpha value is -3.66. The van der Waals surface area contributed by atoms with Gasteiger partial charge in [0.15, 0.2) is 21.0 Å². The zero-order valence-corrected chi connectivity index (χ0v) is 18.9. The SMILES string of the molecule is Cn1c(=O)c2c(nc3n(C4CCS(=O)(=O)C4)c(-c4ccc5ccccc5c4)cn23)n(C)c1=O. The van der Waals surface area contributed by atoms with E-state index in [4.69, 9.17) is 0 Å². The van der Waals surface area contributed by atoms with Gasteiger partial charge in [-0.25, -0.2) is 13.2 Å². The van der Waals surface area contributed by atoms with Crippen LogP contribution in [0.15, 0.2) is 58.3 Å². The van der Waals surface area contributed by atoms with Gasteiger partial charge in [0.2, 0.25) is 5.78 Å². The second-order valence-electron chi connectivity index (χ2n) is 8.66. The van der Waals surface area contributed by atoms with Crippen LogP contribution in [0.25, 0.3) is 39.0 Å². The van der Waals surface area contributed by atoms with E-state index in [1.54, 1.807) is 11.4 Å². The van der Waals surface area contributed by atoms with E-state index in [-0.39, 0.29) is 28.7 Å². The summed E-state index contributed by atoms with van der Waals surface area (Å²) in [5.41, 5.74) is 1.34. The minimum atomic E-state index is -3.16. The molecule has 0 saturated carbocycles. The van der Waals surface area contributed by atoms with Crippen molar-refractivity contribution in [1.82, 2.24) is 23.1 Å². The first-order chi connectivity index (χ1) is 15.7. The molecule has 1 atom stereocenters. The Labute approximate surface area is 188 Å². The van der Waals surface area contributed by atoms with Gasteiger partial charge in [-0.3, -0.25) is 18.3 Å². The van der Waals surface area contributed by atoms with Crippen LogP contribution in [-0.4, -0.2) is 43.0 Å². The van der Waals surface area contributed by atoms with Gasteiger partial charge >= 0.3 is 5.69 Å². The number of aromatic nitrogens is 5. The molecule has 1 aliphatic rings. The Morgan fingerprint density at radius 2 is 1.76 bits per heavy atom. The fourth-order valence-corrected chi connectivity index (χ4v) is 6.59. The largest absolute Gasteiger partial charge is 0.332 e. The molecule has 1 unspecified atom stereocenters. The molecule has 1 fully saturated rings. The standard InChI is InChI=1S/C23H21N5O4S/c1-25-20-19(21(29)26(2)23(25)30)27-12-18(16-8-7-14-5-3-4-6-15(14)11-16)28(22(27)24-20)17-9-10-33(31,32)13-17/h3-8,11-12,17H,9-10,13H2,1-2H3. The third-order valence-electron chi connectivity index (χ3n) is 6.62. The molecule has 0 N–H and O–H groups in total. The van der Waals surface area contributed by atoms with Crippen molar-refractivity contribution in [3.8, 4) is 11.3 Å². The van der Waals surface area contributed by atoms with Gasteiger partial charge in [-0.1, -0.05) is 36.4 Å². The molecule has 0 amide bonds. The summed E-state index contributed by atoms with van der Waals surface area (Å²) in [5, 5.41) is 2.16. The summed E-state index contributed by atoms with van der Waals surface area (Å²) in [5.74, 6) is 0.575. The van der Waals surface area contributed by atoms with Crippen LogP contribution in [0, 0.1) is 0 Å². The van der Waals surface area contributed by atoms with Gasteiger partial charge in [0, 0.05) is 25.9 Å². The molecule has 4 heterocycles. The van der Waals surface area contributed by atoms with Crippen LogP contribution in [0.3, 0.4) is 0 Å². The van der Waals surface area contributed by atoms with Crippen molar-refractivity contribution in [1.29, 1.82) is 0 Å². The monoisotopic (exact) mass is 463 g/mol. The lowest BCUT2D eigenvalue weighted by Gasteiger charge is -2.15. The van der Waals surface area contributed by atoms with Crippen LogP contribution in [0.1, 0.15) is 12.5 Å². The Morgan fingerprint density at radius 1 is 1.00 bits per heavy atom. The highest BCUT2D eigenvalue weighted by molar-refractivity contribution is 7.91. The molecule has 2 aromatic carbocycles. The Kier molecular flexibility index (Phi) is 4.04. The van der Waals surface area contributed by atoms with Crippen molar-refractivity contribution in [3.05, 3.63) is 69.5 Å². The highest BCUT2D eigenvalue weighted by atomic mass is 32.2. The molecule has 0 aliphatic carbocycles. The maximum absolute atomic E-state index is 13.0. The van der Waals surface area contributed by atoms with E-state index in [2.05, 4.69) is 11.1 Å². The Bertz CT molecular complexity index is 1840. The molecule has 5 aromatic rings. The number of fused-ring (bicyclic) bond motifs is 4. The number of nitrogens with zero attached hydrogens (tertiary/aromatic N) is 5. The van der Waals surface area contributed by atoms with Gasteiger partial charge in [0.05, 0.1) is 23.2 Å². The van der Waals surface area contributed by atoms with Crippen molar-refractivity contribution in [3.63, 3.8) is 0 Å². The molecule has 6 rings (SSSR count). The molecular formula is C23H21N5O4S. The highest BCUT2D eigenvalue weighted by Gasteiger charge is 2.33. The number of hydrogen-bond donors (Lipinski definition) is 0. The van der Waals surface area contributed by atoms with Gasteiger partial charge in [0.1, 0.15) is 0 Å². The van der Waals surface area contributed by atoms with Crippen molar-refractivity contribution in [2.24, 2.45) is 14.1 Å². The third kappa shape index (κ3) is 2.83. The van der Waals surface area contributed by atoms with Gasteiger partial charge in [0.25, 0.3) is 5.56 Å². The minimum Gasteiger partial charge on any atom is -0.305 e. The minimum absolute atomic E-state index is 0.0120. The summed E-state index contributed by atoms with van der Waals surface area (Å²) in [6.07, 6.45) is 2.29. The van der Waals surface area contributed by atoms with Crippen LogP contribution in [-0.2, 0) is 23.9 Å². The summed E-state index contributed by atoms with van der Waals surface area (Å²) < 4.78 is 30.7. The number of hydrogen-bond acceptors (Lipinski definition) is 5. The van der Waals surface area contributed by atoms with Crippen LogP contribution in [0.5, 0.6) is 0 Å². The molecule has 0 bridgehead atoms. The molecular weight excluding hydrogens is 442 g/mol. The van der Waals surface area contributed by atoms with Crippen molar-refractivity contribution in [2.45, 2.75) is 12.5 Å². The second-order valence-corrected chi connectivity index (χ2v) is 10.9. The van der Waals surface area contributed by atoms with Crippen LogP contribution >= 0.6 is 0 Å². The molecule has 3 aromatic heterocycles. The van der Waals surface area contributed by atoms with Crippen molar-refractivity contribution < 1.29 is 8.42 Å². The van der Waals surface area contributed by atoms with E-state index in [9.17, 15) is 18.0 Å². The fraction of sp³-hybridized carbons (Fsp3) is 0.261. The third-order valence-corrected chi connectivity index (χ3v) is 8.37. The lowest BCUT2D eigenvalue weighted by molar-refractivity contribution is 0.571. The number of aryl methyl sites for hydroxylation is 1. The number of benzene rings is 2. The summed E-state index contributed by atoms with van der Waals surface area (Å²) in [6, 6.07) is 13.8. The van der Waals surface area contributed by atoms with Gasteiger partial charge in [-0.15, -0.1) is 0 Å². The van der Waals surface area contributed by atoms with E-state index in [1.807, 2.05) is 47.2 Å². The Morgan fingerprint density at radius 3 is 2.48 bits per heavy atom. The topological polar surface area (TPSA) is 100 Å². The number of sulfone groups is 1. The quantitative estimate of drug-likeness (QED) is 0.398. The average Bonchev–Trinajstić information content (AvgIpc) is 3.46. The van der Waals surface area contributed by atoms with Gasteiger partial charge in [-0.05, 0) is 23.3 Å². The maximum atomic E-state index is 13.0. The van der Waals surface area contributed by atoms with E-state index >= 15 is 0 Å². The molecule has 9 nitrogen and oxygen atoms in total. The van der Waals surface area contributed by atoms with Crippen LogP contribution < -0.4 is 11.2 Å². The predicted molar refractivity (Wildman–Crippen MR) is 126 cm³/mol. The van der Waals surface area contributed by atoms with Crippen molar-refractivity contribution >= 4 is 37.6 Å². The maximum Gasteiger partial charge on any atom is 0.332 e. The van der Waals surface area contributed by atoms with E-state index in [0.29, 0.717) is 12.2 Å². The first-order valence-corrected chi connectivity index (χ1v) is 12.5. The molecule has 33 heavy (non-hydrogen) atoms. The predicted octanol–water partition coefficient (Wildman–Crippen LogP) is 1.87. The van der Waals surface area contributed by atoms with E-state index in [0.717, 1.165) is 26.6 Å². The van der Waals surface area contributed by atoms with E-state index in [1.165, 1.54) is 11.6 Å². The lowest BCUT2D eigenvalue weighted by atomic mass is 10.0. The molecule has 1 aliphatic heterocycles. The van der Waals surface area contributed by atoms with Crippen LogP contribution in [0.4, 0.5) is 0 Å². The first-order valence-electron chi connectivity index (χ1n) is 10.6. The first kappa shape index (κ1) is 20.0. The van der Waals surface area contributed by atoms with Crippen LogP contribution in [0.2, 0.25) is 0 Å². The summed E-state index contributed by atoms with van der Waals surface area (Å²) >= 11 is 0. The smallest absolute Gasteiger partial charge is 0.305 e. The molecule has 168 valence electrons. The van der Waals surface area contributed by atoms with Gasteiger partial charge in [-0.2, -0.15) is 4.98 Å². The summed E-state index contributed by atoms with van der Waals surface area (Å²) in [7, 11) is -0.149. The number of imidazole rings is 2. The second kappa shape index (κ2) is 6.67. The Balaban J connectivity index is 1.72. The molecule has 1 saturated heterocycles. The average molecular weight is 464 g/mol. The van der Waals surface area contributed by atoms with Crippen molar-refractivity contribution in [2.75, 3.05) is 11.5 Å². The number of rotatable bonds is 2. The highest BCUT2D eigenvalue weighted by Crippen LogP contribution is 2.34. The van der Waals surface area contributed by atoms with Gasteiger partial charge < -0.3 is 4.57 Å². The van der Waals surface area contributed by atoms with E-state index < -0.39 is 21.1 Å².